The summed E-state index contributed by atoms with van der Waals surface area (Å²) >= 11 is 0. The average Bonchev–Trinajstić information content (AvgIpc) is 2.19. The molecule has 4 heteroatoms. The molecule has 0 amide bonds. The Balaban J connectivity index is 2.55. The van der Waals surface area contributed by atoms with Crippen molar-refractivity contribution in [2.24, 2.45) is 0 Å². The van der Waals surface area contributed by atoms with Gasteiger partial charge in [-0.2, -0.15) is 0 Å². The molecular formula is C10H12O3S. The molecule has 1 atom stereocenters. The van der Waals surface area contributed by atoms with Crippen LogP contribution in [-0.2, 0) is 20.3 Å². The third-order valence-corrected chi connectivity index (χ3v) is 2.86. The minimum atomic E-state index is -1.29. The van der Waals surface area contributed by atoms with Gasteiger partial charge in [0.1, 0.15) is 5.75 Å². The summed E-state index contributed by atoms with van der Waals surface area (Å²) in [7, 11) is -1.29. The van der Waals surface area contributed by atoms with Crippen molar-refractivity contribution in [1.29, 1.82) is 0 Å². The fourth-order valence-electron chi connectivity index (χ4n) is 0.965. The molecule has 0 saturated heterocycles. The quantitative estimate of drug-likeness (QED) is 0.708. The van der Waals surface area contributed by atoms with Crippen molar-refractivity contribution in [3.8, 4) is 0 Å². The normalized spacial score (nSPS) is 12.1. The van der Waals surface area contributed by atoms with E-state index >= 15 is 0 Å². The molecular weight excluding hydrogens is 200 g/mol. The molecule has 1 aromatic rings. The Kier molecular flexibility index (Phi) is 4.32. The first-order chi connectivity index (χ1) is 6.74. The number of carbonyl (C=O) groups is 1. The Morgan fingerprint density at radius 2 is 2.00 bits per heavy atom. The van der Waals surface area contributed by atoms with Crippen molar-refractivity contribution in [3.05, 3.63) is 30.3 Å². The van der Waals surface area contributed by atoms with Gasteiger partial charge in [0.15, 0.2) is 0 Å². The number of esters is 1. The molecule has 0 aliphatic carbocycles. The second-order valence-electron chi connectivity index (χ2n) is 2.61. The average molecular weight is 212 g/mol. The van der Waals surface area contributed by atoms with E-state index < -0.39 is 16.8 Å². The molecule has 0 heterocycles. The summed E-state index contributed by atoms with van der Waals surface area (Å²) in [5.41, 5.74) is 0. The topological polar surface area (TPSA) is 43.4 Å². The number of hydrogen-bond acceptors (Lipinski definition) is 3. The van der Waals surface area contributed by atoms with Gasteiger partial charge in [0.25, 0.3) is 0 Å². The first-order valence-electron chi connectivity index (χ1n) is 4.33. The molecule has 14 heavy (non-hydrogen) atoms. The number of hydrogen-bond donors (Lipinski definition) is 0. The maximum Gasteiger partial charge on any atom is 0.318 e. The lowest BCUT2D eigenvalue weighted by molar-refractivity contribution is -0.139. The van der Waals surface area contributed by atoms with Crippen LogP contribution in [0.2, 0.25) is 0 Å². The monoisotopic (exact) mass is 212 g/mol. The summed E-state index contributed by atoms with van der Waals surface area (Å²) in [6.45, 7) is 2.05. The number of ether oxygens (including phenoxy) is 1. The maximum absolute atomic E-state index is 11.5. The summed E-state index contributed by atoms with van der Waals surface area (Å²) in [6, 6.07) is 8.88. The molecule has 3 nitrogen and oxygen atoms in total. The molecule has 1 rings (SSSR count). The van der Waals surface area contributed by atoms with E-state index in [1.807, 2.05) is 6.07 Å². The highest BCUT2D eigenvalue weighted by molar-refractivity contribution is 7.85. The van der Waals surface area contributed by atoms with E-state index in [0.29, 0.717) is 11.5 Å². The molecule has 0 fully saturated rings. The molecule has 0 aromatic heterocycles. The Labute approximate surface area is 85.5 Å². The number of carbonyl (C=O) groups excluding carboxylic acids is 1. The Morgan fingerprint density at radius 3 is 2.57 bits per heavy atom. The van der Waals surface area contributed by atoms with Crippen LogP contribution in [0, 0.1) is 0 Å². The lowest BCUT2D eigenvalue weighted by Gasteiger charge is -2.01. The van der Waals surface area contributed by atoms with Crippen LogP contribution < -0.4 is 0 Å². The van der Waals surface area contributed by atoms with Crippen LogP contribution in [-0.4, -0.2) is 22.5 Å². The van der Waals surface area contributed by atoms with Gasteiger partial charge >= 0.3 is 5.97 Å². The maximum atomic E-state index is 11.5. The van der Waals surface area contributed by atoms with Crippen LogP contribution in [0.25, 0.3) is 0 Å². The molecule has 0 aliphatic rings. The molecule has 0 unspecified atom stereocenters. The van der Waals surface area contributed by atoms with Crippen LogP contribution >= 0.6 is 0 Å². The zero-order valence-electron chi connectivity index (χ0n) is 7.93. The Morgan fingerprint density at radius 1 is 1.36 bits per heavy atom. The highest BCUT2D eigenvalue weighted by Crippen LogP contribution is 2.05. The first kappa shape index (κ1) is 10.9. The van der Waals surface area contributed by atoms with Gasteiger partial charge in [-0.3, -0.25) is 9.00 Å². The zero-order valence-corrected chi connectivity index (χ0v) is 8.75. The predicted molar refractivity (Wildman–Crippen MR) is 54.4 cm³/mol. The van der Waals surface area contributed by atoms with E-state index in [-0.39, 0.29) is 5.75 Å². The highest BCUT2D eigenvalue weighted by Gasteiger charge is 2.09. The predicted octanol–water partition coefficient (Wildman–Crippen LogP) is 1.36. The van der Waals surface area contributed by atoms with Crippen LogP contribution in [0.1, 0.15) is 6.92 Å². The standard InChI is InChI=1S/C10H12O3S/c1-2-13-10(11)8-14(12)9-6-4-3-5-7-9/h3-7H,2,8H2,1H3/t14-/m0/s1. The first-order valence-corrected chi connectivity index (χ1v) is 5.65. The molecule has 0 radical (unpaired) electrons. The minimum Gasteiger partial charge on any atom is -0.465 e. The van der Waals surface area contributed by atoms with Crippen molar-refractivity contribution in [1.82, 2.24) is 0 Å². The third kappa shape index (κ3) is 3.30. The molecule has 0 spiro atoms. The van der Waals surface area contributed by atoms with Gasteiger partial charge in [0, 0.05) is 4.90 Å². The molecule has 0 aliphatic heterocycles. The van der Waals surface area contributed by atoms with Crippen LogP contribution in [0.15, 0.2) is 35.2 Å². The van der Waals surface area contributed by atoms with Gasteiger partial charge < -0.3 is 4.74 Å². The van der Waals surface area contributed by atoms with Crippen LogP contribution in [0.5, 0.6) is 0 Å². The second kappa shape index (κ2) is 5.54. The molecule has 1 aromatic carbocycles. The lowest BCUT2D eigenvalue weighted by atomic mass is 10.4. The molecule has 0 N–H and O–H groups in total. The third-order valence-electron chi connectivity index (χ3n) is 1.56. The van der Waals surface area contributed by atoms with E-state index in [9.17, 15) is 9.00 Å². The van der Waals surface area contributed by atoms with E-state index in [0.717, 1.165) is 0 Å². The van der Waals surface area contributed by atoms with Gasteiger partial charge in [-0.25, -0.2) is 0 Å². The van der Waals surface area contributed by atoms with Gasteiger partial charge in [0.05, 0.1) is 17.4 Å². The van der Waals surface area contributed by atoms with Crippen LogP contribution in [0.3, 0.4) is 0 Å². The molecule has 76 valence electrons. The number of rotatable bonds is 4. The Bertz CT molecular complexity index is 321. The van der Waals surface area contributed by atoms with Crippen molar-refractivity contribution in [2.45, 2.75) is 11.8 Å². The lowest BCUT2D eigenvalue weighted by Crippen LogP contribution is -2.13. The smallest absolute Gasteiger partial charge is 0.318 e. The molecule has 0 saturated carbocycles. The SMILES string of the molecule is CCOC(=O)C[S@](=O)c1ccccc1. The van der Waals surface area contributed by atoms with Crippen molar-refractivity contribution >= 4 is 16.8 Å². The van der Waals surface area contributed by atoms with Crippen molar-refractivity contribution in [2.75, 3.05) is 12.4 Å². The molecule has 0 bridgehead atoms. The van der Waals surface area contributed by atoms with E-state index in [1.54, 1.807) is 31.2 Å². The largest absolute Gasteiger partial charge is 0.465 e. The van der Waals surface area contributed by atoms with Gasteiger partial charge in [-0.05, 0) is 19.1 Å². The summed E-state index contributed by atoms with van der Waals surface area (Å²) in [5.74, 6) is -0.493. The van der Waals surface area contributed by atoms with Crippen molar-refractivity contribution in [3.63, 3.8) is 0 Å². The van der Waals surface area contributed by atoms with Gasteiger partial charge in [-0.15, -0.1) is 0 Å². The summed E-state index contributed by atoms with van der Waals surface area (Å²) < 4.78 is 16.2. The second-order valence-corrected chi connectivity index (χ2v) is 4.06. The van der Waals surface area contributed by atoms with Crippen molar-refractivity contribution < 1.29 is 13.7 Å². The fraction of sp³-hybridized carbons (Fsp3) is 0.300. The summed E-state index contributed by atoms with van der Waals surface area (Å²) in [4.78, 5) is 11.7. The van der Waals surface area contributed by atoms with E-state index in [4.69, 9.17) is 4.74 Å². The Hall–Kier alpha value is -1.16. The highest BCUT2D eigenvalue weighted by atomic mass is 32.2. The van der Waals surface area contributed by atoms with Gasteiger partial charge in [-0.1, -0.05) is 18.2 Å². The number of benzene rings is 1. The summed E-state index contributed by atoms with van der Waals surface area (Å²) in [5, 5.41) is 0. The van der Waals surface area contributed by atoms with E-state index in [2.05, 4.69) is 0 Å². The van der Waals surface area contributed by atoms with Gasteiger partial charge in [0.2, 0.25) is 0 Å². The minimum absolute atomic E-state index is 0.0716. The van der Waals surface area contributed by atoms with Crippen LogP contribution in [0.4, 0.5) is 0 Å². The van der Waals surface area contributed by atoms with E-state index in [1.165, 1.54) is 0 Å². The fourth-order valence-corrected chi connectivity index (χ4v) is 1.89. The zero-order chi connectivity index (χ0) is 10.4. The summed E-state index contributed by atoms with van der Waals surface area (Å²) in [6.07, 6.45) is 0.